The third kappa shape index (κ3) is 5.02. The molecular weight excluding hydrogens is 658 g/mol. The van der Waals surface area contributed by atoms with Gasteiger partial charge in [-0.15, -0.1) is 0 Å². The zero-order valence-electron chi connectivity index (χ0n) is 29.3. The van der Waals surface area contributed by atoms with E-state index in [1.807, 2.05) is 12.1 Å². The number of rotatable bonds is 5. The Bertz CT molecular complexity index is 2290. The minimum absolute atomic E-state index is 0.0275. The number of nitrogens with zero attached hydrogens (tertiary/aromatic N) is 4. The molecule has 0 radical (unpaired) electrons. The van der Waals surface area contributed by atoms with Gasteiger partial charge in [0.15, 0.2) is 5.78 Å². The van der Waals surface area contributed by atoms with Crippen LogP contribution in [0.3, 0.4) is 0 Å². The number of nitriles is 1. The second kappa shape index (κ2) is 12.2. The Balaban J connectivity index is 1.01. The number of ketones is 1. The van der Waals surface area contributed by atoms with Crippen molar-refractivity contribution in [2.75, 3.05) is 31.1 Å². The van der Waals surface area contributed by atoms with Gasteiger partial charge in [0, 0.05) is 78.0 Å². The zero-order chi connectivity index (χ0) is 36.6. The molecule has 1 aromatic heterocycles. The number of piperazine rings is 1. The standard InChI is InChI=1S/C40H39N7O5/c1-4-22-17-26-28(40(2,3)36-33(35(26)49)25-9-8-21(19-41)16-29(25)43-36)18-31(22)45-12-14-46(15-13-45)39(52)34(42)23-6-5-7-24-27(23)20-47(38(24)51)30-10-11-32(48)44-37(30)50/h5-9,16-18,30,34,43H,4,10-15,20,42H2,1-3H3,(H,44,48,50). The van der Waals surface area contributed by atoms with Gasteiger partial charge in [0.2, 0.25) is 17.7 Å². The Hall–Kier alpha value is -5.80. The molecule has 2 fully saturated rings. The van der Waals surface area contributed by atoms with E-state index in [1.165, 1.54) is 4.90 Å². The van der Waals surface area contributed by atoms with Crippen LogP contribution in [-0.4, -0.2) is 76.4 Å². The number of H-pyrrole nitrogens is 1. The van der Waals surface area contributed by atoms with E-state index in [0.29, 0.717) is 59.6 Å². The van der Waals surface area contributed by atoms with Crippen molar-refractivity contribution in [3.8, 4) is 6.07 Å². The van der Waals surface area contributed by atoms with Crippen molar-refractivity contribution in [2.45, 2.75) is 64.1 Å². The van der Waals surface area contributed by atoms with Crippen molar-refractivity contribution >= 4 is 46.0 Å². The smallest absolute Gasteiger partial charge is 0.255 e. The predicted molar refractivity (Wildman–Crippen MR) is 193 cm³/mol. The van der Waals surface area contributed by atoms with E-state index < -0.39 is 23.4 Å². The number of nitrogens with two attached hydrogens (primary N) is 1. The van der Waals surface area contributed by atoms with Crippen LogP contribution < -0.4 is 16.0 Å². The quantitative estimate of drug-likeness (QED) is 0.266. The normalized spacial score (nSPS) is 20.0. The van der Waals surface area contributed by atoms with Crippen molar-refractivity contribution in [1.82, 2.24) is 20.1 Å². The van der Waals surface area contributed by atoms with Crippen LogP contribution in [0.5, 0.6) is 0 Å². The summed E-state index contributed by atoms with van der Waals surface area (Å²) in [6.07, 6.45) is 1.13. The highest BCUT2D eigenvalue weighted by Gasteiger charge is 2.43. The molecule has 12 heteroatoms. The highest BCUT2D eigenvalue weighted by Crippen LogP contribution is 2.46. The lowest BCUT2D eigenvalue weighted by atomic mass is 9.70. The van der Waals surface area contributed by atoms with E-state index in [9.17, 15) is 29.2 Å². The average Bonchev–Trinajstić information content (AvgIpc) is 3.71. The first-order valence-electron chi connectivity index (χ1n) is 17.8. The number of carbonyl (C=O) groups is 5. The highest BCUT2D eigenvalue weighted by molar-refractivity contribution is 6.20. The van der Waals surface area contributed by atoms with Gasteiger partial charge in [-0.3, -0.25) is 29.3 Å². The van der Waals surface area contributed by atoms with Crippen molar-refractivity contribution in [3.05, 3.63) is 98.7 Å². The summed E-state index contributed by atoms with van der Waals surface area (Å²) >= 11 is 0. The first-order chi connectivity index (χ1) is 24.9. The number of hydrogen-bond acceptors (Lipinski definition) is 8. The van der Waals surface area contributed by atoms with Crippen molar-refractivity contribution < 1.29 is 24.0 Å². The number of nitrogens with one attached hydrogen (secondary N) is 2. The fourth-order valence-corrected chi connectivity index (χ4v) is 8.56. The van der Waals surface area contributed by atoms with Crippen molar-refractivity contribution in [1.29, 1.82) is 5.26 Å². The van der Waals surface area contributed by atoms with Gasteiger partial charge in [-0.05, 0) is 65.4 Å². The summed E-state index contributed by atoms with van der Waals surface area (Å²) < 4.78 is 0. The molecule has 264 valence electrons. The average molecular weight is 698 g/mol. The monoisotopic (exact) mass is 697 g/mol. The molecule has 4 aromatic rings. The van der Waals surface area contributed by atoms with Crippen LogP contribution in [0.1, 0.15) is 99.4 Å². The fourth-order valence-electron chi connectivity index (χ4n) is 8.56. The Morgan fingerprint density at radius 2 is 1.81 bits per heavy atom. The molecule has 4 heterocycles. The molecule has 52 heavy (non-hydrogen) atoms. The van der Waals surface area contributed by atoms with E-state index in [-0.39, 0.29) is 42.9 Å². The van der Waals surface area contributed by atoms with Crippen molar-refractivity contribution in [3.63, 3.8) is 0 Å². The van der Waals surface area contributed by atoms with Gasteiger partial charge < -0.3 is 25.4 Å². The Morgan fingerprint density at radius 1 is 1.04 bits per heavy atom. The van der Waals surface area contributed by atoms with Crippen molar-refractivity contribution in [2.24, 2.45) is 5.73 Å². The maximum atomic E-state index is 14.1. The van der Waals surface area contributed by atoms with Gasteiger partial charge in [0.05, 0.1) is 17.2 Å². The first-order valence-corrected chi connectivity index (χ1v) is 17.8. The number of carbonyl (C=O) groups excluding carboxylic acids is 5. The van der Waals surface area contributed by atoms with E-state index in [2.05, 4.69) is 48.1 Å². The molecule has 2 atom stereocenters. The number of aromatic nitrogens is 1. The molecule has 8 rings (SSSR count). The highest BCUT2D eigenvalue weighted by atomic mass is 16.2. The molecule has 4 aliphatic rings. The fraction of sp³-hybridized carbons (Fsp3) is 0.350. The van der Waals surface area contributed by atoms with E-state index >= 15 is 0 Å². The number of hydrogen-bond donors (Lipinski definition) is 3. The van der Waals surface area contributed by atoms with Crippen LogP contribution in [-0.2, 0) is 32.8 Å². The minimum Gasteiger partial charge on any atom is -0.368 e. The molecule has 2 unspecified atom stereocenters. The molecule has 4 amide bonds. The van der Waals surface area contributed by atoms with Crippen LogP contribution in [0, 0.1) is 11.3 Å². The molecule has 1 aliphatic carbocycles. The van der Waals surface area contributed by atoms with Gasteiger partial charge >= 0.3 is 0 Å². The third-order valence-electron chi connectivity index (χ3n) is 11.4. The number of amides is 4. The summed E-state index contributed by atoms with van der Waals surface area (Å²) in [5.74, 6) is -1.42. The Labute approximate surface area is 300 Å². The Morgan fingerprint density at radius 3 is 2.52 bits per heavy atom. The summed E-state index contributed by atoms with van der Waals surface area (Å²) in [4.78, 5) is 74.6. The summed E-state index contributed by atoms with van der Waals surface area (Å²) in [6.45, 7) is 8.48. The third-order valence-corrected chi connectivity index (χ3v) is 11.4. The Kier molecular flexibility index (Phi) is 7.80. The molecule has 0 saturated carbocycles. The molecule has 12 nitrogen and oxygen atoms in total. The molecule has 0 bridgehead atoms. The number of fused-ring (bicyclic) bond motifs is 5. The lowest BCUT2D eigenvalue weighted by Gasteiger charge is -2.40. The topological polar surface area (TPSA) is 173 Å². The second-order valence-electron chi connectivity index (χ2n) is 14.6. The largest absolute Gasteiger partial charge is 0.368 e. The van der Waals surface area contributed by atoms with Crippen LogP contribution in [0.25, 0.3) is 10.9 Å². The lowest BCUT2D eigenvalue weighted by molar-refractivity contribution is -0.137. The molecule has 2 saturated heterocycles. The van der Waals surface area contributed by atoms with E-state index in [0.717, 1.165) is 39.8 Å². The van der Waals surface area contributed by atoms with E-state index in [1.54, 1.807) is 35.2 Å². The van der Waals surface area contributed by atoms with Gasteiger partial charge in [-0.2, -0.15) is 5.26 Å². The van der Waals surface area contributed by atoms with Crippen LogP contribution in [0.2, 0.25) is 0 Å². The number of anilines is 1. The summed E-state index contributed by atoms with van der Waals surface area (Å²) in [5.41, 5.74) is 14.3. The summed E-state index contributed by atoms with van der Waals surface area (Å²) in [5, 5.41) is 12.6. The van der Waals surface area contributed by atoms with Gasteiger partial charge in [-0.1, -0.05) is 39.0 Å². The molecule has 3 aliphatic heterocycles. The SMILES string of the molecule is CCc1cc2c(cc1N1CCN(C(=O)C(N)c3cccc4c3CN(C3CCC(=O)NC3=O)C4=O)CC1)C(C)(C)c1[nH]c3cc(C#N)ccc3c1C2=O. The minimum atomic E-state index is -0.993. The molecule has 4 N–H and O–H groups in total. The second-order valence-corrected chi connectivity index (χ2v) is 14.6. The number of imide groups is 1. The molecule has 0 spiro atoms. The van der Waals surface area contributed by atoms with Gasteiger partial charge in [0.1, 0.15) is 12.1 Å². The van der Waals surface area contributed by atoms with Crippen LogP contribution in [0.15, 0.2) is 48.5 Å². The maximum absolute atomic E-state index is 14.1. The first kappa shape index (κ1) is 33.3. The lowest BCUT2D eigenvalue weighted by Crippen LogP contribution is -2.52. The van der Waals surface area contributed by atoms with E-state index in [4.69, 9.17) is 5.73 Å². The van der Waals surface area contributed by atoms with Crippen LogP contribution in [0.4, 0.5) is 5.69 Å². The van der Waals surface area contributed by atoms with Crippen LogP contribution >= 0.6 is 0 Å². The van der Waals surface area contributed by atoms with Gasteiger partial charge in [-0.25, -0.2) is 0 Å². The number of aromatic amines is 1. The number of aryl methyl sites for hydroxylation is 1. The maximum Gasteiger partial charge on any atom is 0.255 e. The van der Waals surface area contributed by atoms with Gasteiger partial charge in [0.25, 0.3) is 5.91 Å². The summed E-state index contributed by atoms with van der Waals surface area (Å²) in [6, 6.07) is 15.2. The molecular formula is C40H39N7O5. The number of piperidine rings is 1. The summed E-state index contributed by atoms with van der Waals surface area (Å²) in [7, 11) is 0. The predicted octanol–water partition coefficient (Wildman–Crippen LogP) is 3.58. The number of benzene rings is 3. The molecule has 3 aromatic carbocycles. The zero-order valence-corrected chi connectivity index (χ0v) is 29.3.